The van der Waals surface area contributed by atoms with E-state index in [1.165, 1.54) is 16.7 Å². The Kier molecular flexibility index (Phi) is 3.62. The predicted molar refractivity (Wildman–Crippen MR) is 77.3 cm³/mol. The molecule has 0 aromatic heterocycles. The second-order valence-electron chi connectivity index (χ2n) is 4.97. The Hall–Kier alpha value is -1.15. The summed E-state index contributed by atoms with van der Waals surface area (Å²) in [5.41, 5.74) is 5.43. The molecule has 1 aliphatic carbocycles. The zero-order chi connectivity index (χ0) is 12.4. The number of rotatable bonds is 4. The molecule has 1 aliphatic rings. The Morgan fingerprint density at radius 1 is 1.29 bits per heavy atom. The van der Waals surface area contributed by atoms with Gasteiger partial charge in [0.05, 0.1) is 8.80 Å². The summed E-state index contributed by atoms with van der Waals surface area (Å²) in [6, 6.07) is 8.63. The summed E-state index contributed by atoms with van der Waals surface area (Å²) < 4.78 is 0. The van der Waals surface area contributed by atoms with Crippen LogP contribution in [0.25, 0.3) is 6.08 Å². The zero-order valence-corrected chi connectivity index (χ0v) is 11.9. The van der Waals surface area contributed by atoms with Crippen LogP contribution in [-0.4, -0.2) is 14.5 Å². The van der Waals surface area contributed by atoms with Crippen LogP contribution in [0.5, 0.6) is 0 Å². The normalized spacial score (nSPS) is 18.1. The van der Waals surface area contributed by atoms with Crippen LogP contribution >= 0.6 is 0 Å². The number of nitrogens with one attached hydrogen (secondary N) is 1. The lowest BCUT2D eigenvalue weighted by atomic mass is 10.0. The van der Waals surface area contributed by atoms with Gasteiger partial charge in [-0.15, -0.1) is 0 Å². The minimum atomic E-state index is -0.444. The maximum Gasteiger partial charge on any atom is 0.0557 e. The molecule has 0 fully saturated rings. The van der Waals surface area contributed by atoms with Gasteiger partial charge in [0.1, 0.15) is 0 Å². The fraction of sp³-hybridized carbons (Fsp3) is 0.400. The van der Waals surface area contributed by atoms with Gasteiger partial charge in [0.25, 0.3) is 0 Å². The molecule has 1 unspecified atom stereocenters. The average molecular weight is 242 g/mol. The molecular weight excluding hydrogens is 222 g/mol. The number of allylic oxidation sites excluding steroid dienone is 1. The first kappa shape index (κ1) is 12.3. The number of hydrogen-bond donors (Lipinski definition) is 1. The van der Waals surface area contributed by atoms with Crippen LogP contribution in [0.3, 0.4) is 0 Å². The molecule has 0 saturated heterocycles. The largest absolute Gasteiger partial charge is 0.305 e. The van der Waals surface area contributed by atoms with E-state index in [9.17, 15) is 0 Å². The predicted octanol–water partition coefficient (Wildman–Crippen LogP) is 4.28. The van der Waals surface area contributed by atoms with Crippen molar-refractivity contribution < 1.29 is 0 Å². The number of benzene rings is 1. The van der Waals surface area contributed by atoms with E-state index >= 15 is 0 Å². The zero-order valence-electron chi connectivity index (χ0n) is 10.9. The lowest BCUT2D eigenvalue weighted by Gasteiger charge is -2.20. The van der Waals surface area contributed by atoms with Gasteiger partial charge in [-0.1, -0.05) is 50.7 Å². The van der Waals surface area contributed by atoms with Crippen molar-refractivity contribution in [3.63, 3.8) is 0 Å². The van der Waals surface area contributed by atoms with Crippen molar-refractivity contribution >= 4 is 20.6 Å². The highest BCUT2D eigenvalue weighted by Crippen LogP contribution is 2.38. The quantitative estimate of drug-likeness (QED) is 0.602. The molecule has 2 rings (SSSR count). The van der Waals surface area contributed by atoms with E-state index in [1.807, 2.05) is 0 Å². The standard InChI is InChI=1S/C15H20NSi/c1-4-7-14(16)13-10-11-8-5-6-9-12(11)15(13)17(2)3/h5-6,8-10,15-16H,4,7H2,1-3H3. The van der Waals surface area contributed by atoms with E-state index in [0.29, 0.717) is 5.54 Å². The van der Waals surface area contributed by atoms with E-state index < -0.39 is 8.80 Å². The van der Waals surface area contributed by atoms with Crippen LogP contribution in [-0.2, 0) is 0 Å². The van der Waals surface area contributed by atoms with Crippen LogP contribution < -0.4 is 0 Å². The molecule has 0 amide bonds. The lowest BCUT2D eigenvalue weighted by Crippen LogP contribution is -2.20. The molecule has 0 aliphatic heterocycles. The van der Waals surface area contributed by atoms with Crippen molar-refractivity contribution in [2.45, 2.75) is 38.4 Å². The summed E-state index contributed by atoms with van der Waals surface area (Å²) in [6.45, 7) is 6.85. The van der Waals surface area contributed by atoms with Gasteiger partial charge in [0.15, 0.2) is 0 Å². The minimum Gasteiger partial charge on any atom is -0.305 e. The highest BCUT2D eigenvalue weighted by atomic mass is 28.3. The van der Waals surface area contributed by atoms with Gasteiger partial charge < -0.3 is 5.41 Å². The summed E-state index contributed by atoms with van der Waals surface area (Å²) in [6.07, 6.45) is 4.22. The molecule has 2 heteroatoms. The molecule has 1 atom stereocenters. The second-order valence-corrected chi connectivity index (χ2v) is 7.70. The maximum absolute atomic E-state index is 8.23. The first-order valence-electron chi connectivity index (χ1n) is 6.33. The minimum absolute atomic E-state index is 0.444. The highest BCUT2D eigenvalue weighted by Gasteiger charge is 2.29. The van der Waals surface area contributed by atoms with E-state index in [0.717, 1.165) is 18.6 Å². The van der Waals surface area contributed by atoms with Crippen molar-refractivity contribution in [2.24, 2.45) is 0 Å². The topological polar surface area (TPSA) is 23.9 Å². The molecule has 89 valence electrons. The molecular formula is C15H20NSi. The first-order valence-corrected chi connectivity index (χ1v) is 8.91. The van der Waals surface area contributed by atoms with Crippen molar-refractivity contribution in [3.05, 3.63) is 41.0 Å². The Bertz CT molecular complexity index is 460. The summed E-state index contributed by atoms with van der Waals surface area (Å²) in [7, 11) is -0.444. The summed E-state index contributed by atoms with van der Waals surface area (Å²) in [5, 5.41) is 8.23. The van der Waals surface area contributed by atoms with Crippen LogP contribution in [0, 0.1) is 5.41 Å². The fourth-order valence-corrected chi connectivity index (χ4v) is 4.37. The Morgan fingerprint density at radius 3 is 2.65 bits per heavy atom. The number of fused-ring (bicyclic) bond motifs is 1. The van der Waals surface area contributed by atoms with Gasteiger partial charge in [-0.05, 0) is 29.2 Å². The highest BCUT2D eigenvalue weighted by molar-refractivity contribution is 6.59. The molecule has 0 saturated carbocycles. The van der Waals surface area contributed by atoms with Crippen molar-refractivity contribution in [1.82, 2.24) is 0 Å². The first-order chi connectivity index (χ1) is 8.15. The third-order valence-electron chi connectivity index (χ3n) is 3.35. The molecule has 1 nitrogen and oxygen atoms in total. The van der Waals surface area contributed by atoms with Crippen LogP contribution in [0.15, 0.2) is 29.8 Å². The van der Waals surface area contributed by atoms with E-state index in [1.54, 1.807) is 0 Å². The van der Waals surface area contributed by atoms with Crippen LogP contribution in [0.4, 0.5) is 0 Å². The van der Waals surface area contributed by atoms with E-state index in [4.69, 9.17) is 5.41 Å². The van der Waals surface area contributed by atoms with Crippen LogP contribution in [0.2, 0.25) is 13.1 Å². The summed E-state index contributed by atoms with van der Waals surface area (Å²) >= 11 is 0. The van der Waals surface area contributed by atoms with Gasteiger partial charge in [-0.25, -0.2) is 0 Å². The molecule has 0 spiro atoms. The molecule has 1 aromatic rings. The molecule has 1 N–H and O–H groups in total. The summed E-state index contributed by atoms with van der Waals surface area (Å²) in [5.74, 6) is 0. The smallest absolute Gasteiger partial charge is 0.0557 e. The van der Waals surface area contributed by atoms with Crippen molar-refractivity contribution in [2.75, 3.05) is 0 Å². The molecule has 17 heavy (non-hydrogen) atoms. The van der Waals surface area contributed by atoms with Crippen LogP contribution in [0.1, 0.15) is 36.4 Å². The van der Waals surface area contributed by atoms with Gasteiger partial charge in [-0.3, -0.25) is 0 Å². The van der Waals surface area contributed by atoms with Gasteiger partial charge in [0, 0.05) is 11.3 Å². The Balaban J connectivity index is 2.38. The molecule has 1 radical (unpaired) electrons. The van der Waals surface area contributed by atoms with Gasteiger partial charge in [-0.2, -0.15) is 0 Å². The van der Waals surface area contributed by atoms with E-state index in [-0.39, 0.29) is 0 Å². The monoisotopic (exact) mass is 242 g/mol. The third-order valence-corrected chi connectivity index (χ3v) is 5.13. The average Bonchev–Trinajstić information content (AvgIpc) is 2.68. The summed E-state index contributed by atoms with van der Waals surface area (Å²) in [4.78, 5) is 0. The van der Waals surface area contributed by atoms with Crippen molar-refractivity contribution in [1.29, 1.82) is 5.41 Å². The Labute approximate surface area is 106 Å². The maximum atomic E-state index is 8.23. The fourth-order valence-electron chi connectivity index (χ4n) is 2.60. The molecule has 1 aromatic carbocycles. The SMILES string of the molecule is CCCC(=N)C1=Cc2ccccc2C1[Si](C)C. The van der Waals surface area contributed by atoms with Crippen molar-refractivity contribution in [3.8, 4) is 0 Å². The number of hydrogen-bond acceptors (Lipinski definition) is 1. The lowest BCUT2D eigenvalue weighted by molar-refractivity contribution is 0.974. The Morgan fingerprint density at radius 2 is 2.00 bits per heavy atom. The third kappa shape index (κ3) is 2.27. The molecule has 0 bridgehead atoms. The molecule has 0 heterocycles. The second kappa shape index (κ2) is 5.01. The van der Waals surface area contributed by atoms with Gasteiger partial charge >= 0.3 is 0 Å². The van der Waals surface area contributed by atoms with E-state index in [2.05, 4.69) is 50.4 Å². The van der Waals surface area contributed by atoms with Gasteiger partial charge in [0.2, 0.25) is 0 Å².